The monoisotopic (exact) mass is 490 g/mol. The smallest absolute Gasteiger partial charge is 0.243 e. The fraction of sp³-hybridized carbons (Fsp3) is 0.333. The molecule has 3 aromatic carbocycles. The molecular formula is C30H35ClN2O2. The molecule has 1 N–H and O–H groups in total. The number of hydrogen-bond donors (Lipinski definition) is 1. The van der Waals surface area contributed by atoms with Crippen LogP contribution in [0.25, 0.3) is 0 Å². The van der Waals surface area contributed by atoms with Gasteiger partial charge in [-0.15, -0.1) is 0 Å². The van der Waals surface area contributed by atoms with Crippen LogP contribution in [-0.2, 0) is 35.4 Å². The van der Waals surface area contributed by atoms with Crippen LogP contribution < -0.4 is 5.32 Å². The molecule has 0 aromatic heterocycles. The normalized spacial score (nSPS) is 11.6. The third kappa shape index (κ3) is 8.25. The molecular weight excluding hydrogens is 456 g/mol. The number of amides is 2. The summed E-state index contributed by atoms with van der Waals surface area (Å²) in [6, 6.07) is 25.1. The Balaban J connectivity index is 1.86. The largest absolute Gasteiger partial charge is 0.354 e. The van der Waals surface area contributed by atoms with Crippen LogP contribution >= 0.6 is 11.6 Å². The molecule has 0 aliphatic heterocycles. The number of halogens is 1. The average Bonchev–Trinajstić information content (AvgIpc) is 2.89. The minimum absolute atomic E-state index is 0.0351. The van der Waals surface area contributed by atoms with E-state index in [4.69, 9.17) is 11.6 Å². The van der Waals surface area contributed by atoms with Crippen LogP contribution in [-0.4, -0.2) is 29.3 Å². The Morgan fingerprint density at radius 1 is 0.829 bits per heavy atom. The molecule has 0 bridgehead atoms. The number of benzene rings is 3. The maximum Gasteiger partial charge on any atom is 0.243 e. The first-order valence-electron chi connectivity index (χ1n) is 12.4. The summed E-state index contributed by atoms with van der Waals surface area (Å²) in [6.45, 7) is 5.08. The first-order chi connectivity index (χ1) is 17.0. The van der Waals surface area contributed by atoms with Gasteiger partial charge < -0.3 is 10.2 Å². The van der Waals surface area contributed by atoms with E-state index < -0.39 is 6.04 Å². The third-order valence-electron chi connectivity index (χ3n) is 6.15. The first kappa shape index (κ1) is 26.5. The lowest BCUT2D eigenvalue weighted by atomic mass is 10.0. The second-order valence-corrected chi connectivity index (χ2v) is 9.25. The van der Waals surface area contributed by atoms with Gasteiger partial charge in [0.15, 0.2) is 0 Å². The zero-order valence-corrected chi connectivity index (χ0v) is 21.4. The molecule has 3 rings (SSSR count). The predicted octanol–water partition coefficient (Wildman–Crippen LogP) is 6.00. The molecule has 0 radical (unpaired) electrons. The fourth-order valence-electron chi connectivity index (χ4n) is 4.04. The number of aryl methyl sites for hydroxylation is 2. The number of nitrogens with zero attached hydrogens (tertiary/aromatic N) is 1. The molecule has 184 valence electrons. The van der Waals surface area contributed by atoms with Gasteiger partial charge in [0.1, 0.15) is 6.04 Å². The van der Waals surface area contributed by atoms with Crippen molar-refractivity contribution in [2.24, 2.45) is 0 Å². The molecule has 0 spiro atoms. The third-order valence-corrected chi connectivity index (χ3v) is 6.40. The Morgan fingerprint density at radius 2 is 1.46 bits per heavy atom. The quantitative estimate of drug-likeness (QED) is 0.338. The van der Waals surface area contributed by atoms with Crippen molar-refractivity contribution in [3.05, 3.63) is 106 Å². The van der Waals surface area contributed by atoms with Crippen LogP contribution in [0.2, 0.25) is 5.02 Å². The van der Waals surface area contributed by atoms with Gasteiger partial charge in [-0.1, -0.05) is 92.2 Å². The molecule has 0 aliphatic rings. The van der Waals surface area contributed by atoms with Crippen molar-refractivity contribution in [3.8, 4) is 0 Å². The van der Waals surface area contributed by atoms with E-state index in [1.54, 1.807) is 4.90 Å². The summed E-state index contributed by atoms with van der Waals surface area (Å²) in [7, 11) is 0. The second kappa shape index (κ2) is 13.7. The van der Waals surface area contributed by atoms with Crippen molar-refractivity contribution in [1.29, 1.82) is 0 Å². The topological polar surface area (TPSA) is 49.4 Å². The molecule has 0 fully saturated rings. The number of hydrogen-bond acceptors (Lipinski definition) is 2. The van der Waals surface area contributed by atoms with E-state index in [0.717, 1.165) is 29.5 Å². The molecule has 0 aliphatic carbocycles. The Bertz CT molecular complexity index is 1070. The lowest BCUT2D eigenvalue weighted by Crippen LogP contribution is -2.50. The van der Waals surface area contributed by atoms with Crippen LogP contribution in [0.15, 0.2) is 78.9 Å². The van der Waals surface area contributed by atoms with Crippen molar-refractivity contribution in [2.45, 2.75) is 58.5 Å². The van der Waals surface area contributed by atoms with E-state index in [1.807, 2.05) is 61.5 Å². The molecule has 3 aromatic rings. The van der Waals surface area contributed by atoms with E-state index in [9.17, 15) is 9.59 Å². The average molecular weight is 491 g/mol. The highest BCUT2D eigenvalue weighted by molar-refractivity contribution is 6.30. The fourth-order valence-corrected chi connectivity index (χ4v) is 4.17. The second-order valence-electron chi connectivity index (χ2n) is 8.81. The van der Waals surface area contributed by atoms with Crippen molar-refractivity contribution < 1.29 is 9.59 Å². The predicted molar refractivity (Wildman–Crippen MR) is 143 cm³/mol. The summed E-state index contributed by atoms with van der Waals surface area (Å²) < 4.78 is 0. The molecule has 1 unspecified atom stereocenters. The van der Waals surface area contributed by atoms with Gasteiger partial charge in [0.25, 0.3) is 0 Å². The summed E-state index contributed by atoms with van der Waals surface area (Å²) in [5.41, 5.74) is 4.36. The molecule has 0 heterocycles. The van der Waals surface area contributed by atoms with Crippen molar-refractivity contribution >= 4 is 23.4 Å². The lowest BCUT2D eigenvalue weighted by molar-refractivity contribution is -0.141. The molecule has 4 nitrogen and oxygen atoms in total. The van der Waals surface area contributed by atoms with Crippen LogP contribution in [0.3, 0.4) is 0 Å². The minimum atomic E-state index is -0.602. The van der Waals surface area contributed by atoms with Gasteiger partial charge in [-0.2, -0.15) is 0 Å². The van der Waals surface area contributed by atoms with Gasteiger partial charge in [-0.3, -0.25) is 9.59 Å². The highest BCUT2D eigenvalue weighted by Gasteiger charge is 2.30. The minimum Gasteiger partial charge on any atom is -0.354 e. The first-order valence-corrected chi connectivity index (χ1v) is 12.8. The zero-order chi connectivity index (χ0) is 25.0. The molecule has 0 saturated heterocycles. The van der Waals surface area contributed by atoms with Crippen molar-refractivity contribution in [3.63, 3.8) is 0 Å². The van der Waals surface area contributed by atoms with E-state index in [1.165, 1.54) is 5.56 Å². The SMILES string of the molecule is CCCNC(=O)C(Cc1ccccc1)N(Cc1ccc(Cl)cc1)C(=O)CCc1ccc(CC)cc1. The van der Waals surface area contributed by atoms with E-state index >= 15 is 0 Å². The van der Waals surface area contributed by atoms with Gasteiger partial charge in [0.2, 0.25) is 11.8 Å². The Kier molecular flexibility index (Phi) is 10.4. The van der Waals surface area contributed by atoms with Gasteiger partial charge in [-0.25, -0.2) is 0 Å². The number of carbonyl (C=O) groups is 2. The Hall–Kier alpha value is -3.11. The van der Waals surface area contributed by atoms with Crippen LogP contribution in [0.4, 0.5) is 0 Å². The van der Waals surface area contributed by atoms with Gasteiger partial charge in [0.05, 0.1) is 0 Å². The van der Waals surface area contributed by atoms with Crippen molar-refractivity contribution in [2.75, 3.05) is 6.54 Å². The number of carbonyl (C=O) groups excluding carboxylic acids is 2. The maximum atomic E-state index is 13.6. The molecule has 5 heteroatoms. The molecule has 2 amide bonds. The lowest BCUT2D eigenvalue weighted by Gasteiger charge is -2.31. The Labute approximate surface area is 214 Å². The highest BCUT2D eigenvalue weighted by atomic mass is 35.5. The van der Waals surface area contributed by atoms with Crippen LogP contribution in [0, 0.1) is 0 Å². The molecule has 1 atom stereocenters. The number of nitrogens with one attached hydrogen (secondary N) is 1. The Morgan fingerprint density at radius 3 is 2.09 bits per heavy atom. The van der Waals surface area contributed by atoms with Gasteiger partial charge in [-0.05, 0) is 53.6 Å². The number of rotatable bonds is 12. The van der Waals surface area contributed by atoms with Crippen LogP contribution in [0.1, 0.15) is 48.9 Å². The highest BCUT2D eigenvalue weighted by Crippen LogP contribution is 2.18. The van der Waals surface area contributed by atoms with E-state index in [0.29, 0.717) is 37.4 Å². The summed E-state index contributed by atoms with van der Waals surface area (Å²) in [5.74, 6) is -0.155. The van der Waals surface area contributed by atoms with Crippen LogP contribution in [0.5, 0.6) is 0 Å². The van der Waals surface area contributed by atoms with E-state index in [2.05, 4.69) is 36.5 Å². The van der Waals surface area contributed by atoms with Gasteiger partial charge in [0, 0.05) is 31.0 Å². The molecule has 35 heavy (non-hydrogen) atoms. The van der Waals surface area contributed by atoms with E-state index in [-0.39, 0.29) is 11.8 Å². The summed E-state index contributed by atoms with van der Waals surface area (Å²) >= 11 is 6.08. The maximum absolute atomic E-state index is 13.6. The summed E-state index contributed by atoms with van der Waals surface area (Å²) in [5, 5.41) is 3.66. The zero-order valence-electron chi connectivity index (χ0n) is 20.7. The molecule has 0 saturated carbocycles. The van der Waals surface area contributed by atoms with Gasteiger partial charge >= 0.3 is 0 Å². The summed E-state index contributed by atoms with van der Waals surface area (Å²) in [6.07, 6.45) is 3.26. The summed E-state index contributed by atoms with van der Waals surface area (Å²) in [4.78, 5) is 28.7. The van der Waals surface area contributed by atoms with Crippen molar-refractivity contribution in [1.82, 2.24) is 10.2 Å². The standard InChI is InChI=1S/C30H35ClN2O2/c1-3-20-32-30(35)28(21-25-8-6-5-7-9-25)33(22-26-14-17-27(31)18-15-26)29(34)19-16-24-12-10-23(4-2)11-13-24/h5-15,17-18,28H,3-4,16,19-22H2,1-2H3,(H,32,35).